The van der Waals surface area contributed by atoms with E-state index in [0.29, 0.717) is 23.1 Å². The average molecular weight is 346 g/mol. The first kappa shape index (κ1) is 17.9. The molecule has 0 aliphatic carbocycles. The smallest absolute Gasteiger partial charge is 0.246 e. The van der Waals surface area contributed by atoms with Crippen LogP contribution >= 0.6 is 11.6 Å². The molecule has 24 heavy (non-hydrogen) atoms. The molecule has 0 fully saturated rings. The fourth-order valence-corrected chi connectivity index (χ4v) is 2.43. The largest absolute Gasteiger partial charge is 0.493 e. The molecule has 2 aromatic carbocycles. The third-order valence-corrected chi connectivity index (χ3v) is 3.90. The van der Waals surface area contributed by atoms with E-state index in [1.54, 1.807) is 38.3 Å². The lowest BCUT2D eigenvalue weighted by atomic mass is 10.2. The summed E-state index contributed by atoms with van der Waals surface area (Å²) in [4.78, 5) is 13.9. The molecule has 0 saturated carbocycles. The number of hydrogen-bond donors (Lipinski definition) is 0. The second-order valence-electron chi connectivity index (χ2n) is 5.24. The van der Waals surface area contributed by atoms with Crippen LogP contribution in [0.3, 0.4) is 0 Å². The predicted molar refractivity (Wildman–Crippen MR) is 96.5 cm³/mol. The van der Waals surface area contributed by atoms with Crippen LogP contribution in [0.4, 0.5) is 0 Å². The minimum Gasteiger partial charge on any atom is -0.493 e. The van der Waals surface area contributed by atoms with Gasteiger partial charge in [0.05, 0.1) is 14.2 Å². The highest BCUT2D eigenvalue weighted by Gasteiger charge is 2.09. The van der Waals surface area contributed by atoms with Crippen LogP contribution in [0, 0.1) is 0 Å². The van der Waals surface area contributed by atoms with E-state index in [-0.39, 0.29) is 5.91 Å². The zero-order valence-electron chi connectivity index (χ0n) is 14.0. The Morgan fingerprint density at radius 1 is 1.12 bits per heavy atom. The van der Waals surface area contributed by atoms with Crippen molar-refractivity contribution in [2.24, 2.45) is 0 Å². The molecule has 4 nitrogen and oxygen atoms in total. The van der Waals surface area contributed by atoms with Gasteiger partial charge in [0.2, 0.25) is 5.91 Å². The van der Waals surface area contributed by atoms with Crippen LogP contribution in [0.15, 0.2) is 48.5 Å². The molecule has 0 aliphatic heterocycles. The molecule has 0 saturated heterocycles. The first-order chi connectivity index (χ1) is 11.5. The number of nitrogens with zero attached hydrogens (tertiary/aromatic N) is 1. The van der Waals surface area contributed by atoms with Gasteiger partial charge < -0.3 is 14.4 Å². The quantitative estimate of drug-likeness (QED) is 0.742. The van der Waals surface area contributed by atoms with Gasteiger partial charge in [0.15, 0.2) is 11.5 Å². The molecule has 0 aromatic heterocycles. The second kappa shape index (κ2) is 8.41. The van der Waals surface area contributed by atoms with E-state index in [2.05, 4.69) is 0 Å². The summed E-state index contributed by atoms with van der Waals surface area (Å²) in [5.41, 5.74) is 1.77. The standard InChI is InChI=1S/C19H20ClNO3/c1-21(13-14-8-10-17(23-2)18(12-14)24-3)19(22)11-9-15-6-4-5-7-16(15)20/h4-12H,13H2,1-3H3/b11-9+. The Bertz CT molecular complexity index is 743. The molecule has 0 unspecified atom stereocenters. The number of methoxy groups -OCH3 is 2. The maximum atomic E-state index is 12.2. The monoisotopic (exact) mass is 345 g/mol. The number of carbonyl (C=O) groups is 1. The first-order valence-electron chi connectivity index (χ1n) is 7.43. The van der Waals surface area contributed by atoms with Crippen LogP contribution in [0.25, 0.3) is 6.08 Å². The van der Waals surface area contributed by atoms with Crippen LogP contribution in [0.5, 0.6) is 11.5 Å². The van der Waals surface area contributed by atoms with Gasteiger partial charge in [0.25, 0.3) is 0 Å². The Labute approximate surface area is 147 Å². The van der Waals surface area contributed by atoms with Crippen LogP contribution < -0.4 is 9.47 Å². The fourth-order valence-electron chi connectivity index (χ4n) is 2.23. The average Bonchev–Trinajstić information content (AvgIpc) is 2.60. The summed E-state index contributed by atoms with van der Waals surface area (Å²) in [7, 11) is 4.92. The molecule has 0 N–H and O–H groups in total. The van der Waals surface area contributed by atoms with Gasteiger partial charge in [0.1, 0.15) is 0 Å². The maximum absolute atomic E-state index is 12.2. The van der Waals surface area contributed by atoms with Crippen LogP contribution in [0.1, 0.15) is 11.1 Å². The third kappa shape index (κ3) is 4.52. The first-order valence-corrected chi connectivity index (χ1v) is 7.81. The maximum Gasteiger partial charge on any atom is 0.246 e. The van der Waals surface area contributed by atoms with E-state index in [9.17, 15) is 4.79 Å². The summed E-state index contributed by atoms with van der Waals surface area (Å²) in [5, 5.41) is 0.615. The molecule has 0 atom stereocenters. The Kier molecular flexibility index (Phi) is 6.27. The molecular weight excluding hydrogens is 326 g/mol. The number of benzene rings is 2. The Balaban J connectivity index is 2.05. The van der Waals surface area contributed by atoms with Crippen molar-refractivity contribution in [3.05, 3.63) is 64.7 Å². The zero-order chi connectivity index (χ0) is 17.5. The predicted octanol–water partition coefficient (Wildman–Crippen LogP) is 4.03. The van der Waals surface area contributed by atoms with Crippen molar-refractivity contribution < 1.29 is 14.3 Å². The van der Waals surface area contributed by atoms with Crippen LogP contribution in [0.2, 0.25) is 5.02 Å². The zero-order valence-corrected chi connectivity index (χ0v) is 14.7. The number of hydrogen-bond acceptors (Lipinski definition) is 3. The number of amides is 1. The highest BCUT2D eigenvalue weighted by Crippen LogP contribution is 2.28. The summed E-state index contributed by atoms with van der Waals surface area (Å²) in [6.07, 6.45) is 3.23. The summed E-state index contributed by atoms with van der Waals surface area (Å²) in [6.45, 7) is 0.464. The number of ether oxygens (including phenoxy) is 2. The second-order valence-corrected chi connectivity index (χ2v) is 5.65. The van der Waals surface area contributed by atoms with Crippen molar-refractivity contribution >= 4 is 23.6 Å². The molecule has 2 rings (SSSR count). The highest BCUT2D eigenvalue weighted by atomic mass is 35.5. The number of halogens is 1. The van der Waals surface area contributed by atoms with Gasteiger partial charge in [-0.2, -0.15) is 0 Å². The Morgan fingerprint density at radius 3 is 2.50 bits per heavy atom. The molecule has 2 aromatic rings. The number of carbonyl (C=O) groups excluding carboxylic acids is 1. The summed E-state index contributed by atoms with van der Waals surface area (Å²) < 4.78 is 10.5. The summed E-state index contributed by atoms with van der Waals surface area (Å²) >= 11 is 6.08. The summed E-state index contributed by atoms with van der Waals surface area (Å²) in [6, 6.07) is 13.0. The highest BCUT2D eigenvalue weighted by molar-refractivity contribution is 6.32. The lowest BCUT2D eigenvalue weighted by molar-refractivity contribution is -0.125. The molecule has 0 radical (unpaired) electrons. The fraction of sp³-hybridized carbons (Fsp3) is 0.211. The molecule has 0 bridgehead atoms. The van der Waals surface area contributed by atoms with Crippen LogP contribution in [-0.2, 0) is 11.3 Å². The van der Waals surface area contributed by atoms with E-state index >= 15 is 0 Å². The van der Waals surface area contributed by atoms with Crippen molar-refractivity contribution in [3.63, 3.8) is 0 Å². The van der Waals surface area contributed by atoms with Crippen molar-refractivity contribution in [2.75, 3.05) is 21.3 Å². The topological polar surface area (TPSA) is 38.8 Å². The normalized spacial score (nSPS) is 10.7. The molecule has 0 heterocycles. The lowest BCUT2D eigenvalue weighted by Crippen LogP contribution is -2.24. The van der Waals surface area contributed by atoms with Gasteiger partial charge in [-0.05, 0) is 35.4 Å². The van der Waals surface area contributed by atoms with Gasteiger partial charge in [-0.1, -0.05) is 35.9 Å². The molecule has 1 amide bonds. The third-order valence-electron chi connectivity index (χ3n) is 3.55. The van der Waals surface area contributed by atoms with Gasteiger partial charge in [0, 0.05) is 24.7 Å². The Morgan fingerprint density at radius 2 is 1.83 bits per heavy atom. The van der Waals surface area contributed by atoms with Crippen molar-refractivity contribution in [2.45, 2.75) is 6.54 Å². The van der Waals surface area contributed by atoms with Gasteiger partial charge in [-0.3, -0.25) is 4.79 Å². The van der Waals surface area contributed by atoms with E-state index in [1.807, 2.05) is 36.4 Å². The van der Waals surface area contributed by atoms with E-state index in [1.165, 1.54) is 6.08 Å². The SMILES string of the molecule is COc1ccc(CN(C)C(=O)/C=C/c2ccccc2Cl)cc1OC. The van der Waals surface area contributed by atoms with Gasteiger partial charge in [-0.25, -0.2) is 0 Å². The number of likely N-dealkylation sites (N-methyl/N-ethyl adjacent to an activating group) is 1. The van der Waals surface area contributed by atoms with Crippen LogP contribution in [-0.4, -0.2) is 32.1 Å². The Hall–Kier alpha value is -2.46. The minimum atomic E-state index is -0.107. The minimum absolute atomic E-state index is 0.107. The number of rotatable bonds is 6. The van der Waals surface area contributed by atoms with Crippen molar-refractivity contribution in [3.8, 4) is 11.5 Å². The molecule has 0 spiro atoms. The molecular formula is C19H20ClNO3. The van der Waals surface area contributed by atoms with Crippen molar-refractivity contribution in [1.82, 2.24) is 4.90 Å². The van der Waals surface area contributed by atoms with E-state index in [0.717, 1.165) is 11.1 Å². The van der Waals surface area contributed by atoms with E-state index in [4.69, 9.17) is 21.1 Å². The lowest BCUT2D eigenvalue weighted by Gasteiger charge is -2.16. The van der Waals surface area contributed by atoms with Gasteiger partial charge in [-0.15, -0.1) is 0 Å². The molecule has 5 heteroatoms. The van der Waals surface area contributed by atoms with E-state index < -0.39 is 0 Å². The summed E-state index contributed by atoms with van der Waals surface area (Å²) in [5.74, 6) is 1.20. The molecule has 126 valence electrons. The van der Waals surface area contributed by atoms with Crippen molar-refractivity contribution in [1.29, 1.82) is 0 Å². The van der Waals surface area contributed by atoms with Gasteiger partial charge >= 0.3 is 0 Å². The molecule has 0 aliphatic rings.